The van der Waals surface area contributed by atoms with Crippen molar-refractivity contribution in [3.05, 3.63) is 101 Å². The minimum atomic E-state index is -3.49. The highest BCUT2D eigenvalue weighted by molar-refractivity contribution is 7.92. The van der Waals surface area contributed by atoms with Gasteiger partial charge in [0.25, 0.3) is 0 Å². The van der Waals surface area contributed by atoms with Crippen LogP contribution in [0.1, 0.15) is 51.7 Å². The van der Waals surface area contributed by atoms with Gasteiger partial charge in [0, 0.05) is 17.5 Å². The molecule has 0 radical (unpaired) electrons. The van der Waals surface area contributed by atoms with E-state index in [9.17, 15) is 12.8 Å². The monoisotopic (exact) mass is 639 g/mol. The number of fused-ring (bicyclic) bond motifs is 1. The second-order valence-corrected chi connectivity index (χ2v) is 14.2. The topological polar surface area (TPSA) is 99.6 Å². The Kier molecular flexibility index (Phi) is 9.43. The minimum Gasteiger partial charge on any atom is -0.487 e. The number of rotatable bonds is 12. The van der Waals surface area contributed by atoms with Gasteiger partial charge in [-0.05, 0) is 86.9 Å². The number of nitrogens with one attached hydrogen (secondary N) is 1. The quantitative estimate of drug-likeness (QED) is 0.167. The molecule has 44 heavy (non-hydrogen) atoms. The van der Waals surface area contributed by atoms with Gasteiger partial charge >= 0.3 is 0 Å². The zero-order valence-corrected chi connectivity index (χ0v) is 26.5. The predicted molar refractivity (Wildman–Crippen MR) is 170 cm³/mol. The summed E-state index contributed by atoms with van der Waals surface area (Å²) in [6.45, 7) is 7.01. The molecule has 232 valence electrons. The smallest absolute Gasteiger partial charge is 0.179 e. The average molecular weight is 640 g/mol. The Labute approximate surface area is 262 Å². The molecule has 1 aliphatic rings. The number of nitrogens with zero attached hydrogens (tertiary/aromatic N) is 2. The van der Waals surface area contributed by atoms with Crippen molar-refractivity contribution in [2.45, 2.75) is 69.5 Å². The summed E-state index contributed by atoms with van der Waals surface area (Å²) < 4.78 is 57.5. The molecule has 11 heteroatoms. The van der Waals surface area contributed by atoms with E-state index in [-0.39, 0.29) is 12.4 Å². The molecule has 0 amide bonds. The van der Waals surface area contributed by atoms with Gasteiger partial charge in [-0.3, -0.25) is 0 Å². The maximum absolute atomic E-state index is 13.5. The van der Waals surface area contributed by atoms with Crippen LogP contribution in [-0.4, -0.2) is 35.2 Å². The molecule has 3 atom stereocenters. The van der Waals surface area contributed by atoms with E-state index >= 15 is 0 Å². The Bertz CT molecular complexity index is 1770. The molecule has 0 saturated heterocycles. The van der Waals surface area contributed by atoms with Gasteiger partial charge in [-0.25, -0.2) is 22.8 Å². The first kappa shape index (κ1) is 31.7. The number of benzene rings is 3. The van der Waals surface area contributed by atoms with E-state index in [0.29, 0.717) is 46.2 Å². The van der Waals surface area contributed by atoms with E-state index in [0.717, 1.165) is 10.9 Å². The second kappa shape index (κ2) is 13.1. The fourth-order valence-electron chi connectivity index (χ4n) is 5.29. The van der Waals surface area contributed by atoms with E-state index in [1.54, 1.807) is 51.3 Å². The fourth-order valence-corrected chi connectivity index (χ4v) is 6.58. The number of aromatic nitrogens is 2. The molecule has 3 unspecified atom stereocenters. The normalized spacial score (nSPS) is 17.9. The predicted octanol–water partition coefficient (Wildman–Crippen LogP) is 7.84. The number of hydrogen-bond donors (Lipinski definition) is 1. The molecule has 0 fully saturated rings. The van der Waals surface area contributed by atoms with Crippen molar-refractivity contribution in [1.29, 1.82) is 0 Å². The lowest BCUT2D eigenvalue weighted by Crippen LogP contribution is -2.44. The molecular formula is C33H35ClFN3O5S. The first-order valence-electron chi connectivity index (χ1n) is 14.4. The fraction of sp³-hybridized carbons (Fsp3) is 0.333. The Hall–Kier alpha value is -3.73. The molecule has 8 nitrogen and oxygen atoms in total. The molecule has 5 rings (SSSR count). The van der Waals surface area contributed by atoms with Crippen LogP contribution in [0.4, 0.5) is 15.9 Å². The largest absolute Gasteiger partial charge is 0.487 e. The van der Waals surface area contributed by atoms with Gasteiger partial charge in [-0.2, -0.15) is 0 Å². The van der Waals surface area contributed by atoms with E-state index in [1.165, 1.54) is 18.5 Å². The first-order valence-corrected chi connectivity index (χ1v) is 16.4. The molecule has 0 aliphatic carbocycles. The molecule has 3 aromatic carbocycles. The summed E-state index contributed by atoms with van der Waals surface area (Å²) in [4.78, 5) is 8.93. The van der Waals surface area contributed by atoms with Crippen LogP contribution in [0, 0.1) is 5.82 Å². The highest BCUT2D eigenvalue weighted by Crippen LogP contribution is 2.43. The molecule has 0 saturated carbocycles. The zero-order chi connectivity index (χ0) is 31.5. The third-order valence-corrected chi connectivity index (χ3v) is 10.4. The van der Waals surface area contributed by atoms with Crippen molar-refractivity contribution in [3.63, 3.8) is 0 Å². The molecule has 1 aliphatic heterocycles. The van der Waals surface area contributed by atoms with Crippen LogP contribution in [0.3, 0.4) is 0 Å². The summed E-state index contributed by atoms with van der Waals surface area (Å²) in [6, 6.07) is 17.3. The summed E-state index contributed by atoms with van der Waals surface area (Å²) >= 11 is 6.53. The molecule has 1 aromatic heterocycles. The zero-order valence-electron chi connectivity index (χ0n) is 25.0. The standard InChI is InChI=1S/C33H35ClFN3O5S/c1-5-31(43-22(4)44(39,40)21(2)3)33(14-7-15-42-33)24-10-12-29-27(17-24)32(37-20-36-29)38-26-11-13-30(28(34)18-26)41-19-23-8-6-9-25(35)16-23/h6-13,15-18,20-22,31H,5,14,19H2,1-4H3,(H,36,37,38). The average Bonchev–Trinajstić information content (AvgIpc) is 3.50. The third-order valence-electron chi connectivity index (χ3n) is 7.76. The van der Waals surface area contributed by atoms with Crippen molar-refractivity contribution in [1.82, 2.24) is 9.97 Å². The van der Waals surface area contributed by atoms with Gasteiger partial charge in [0.15, 0.2) is 20.9 Å². The van der Waals surface area contributed by atoms with Gasteiger partial charge in [0.2, 0.25) is 0 Å². The van der Waals surface area contributed by atoms with Crippen LogP contribution >= 0.6 is 11.6 Å². The van der Waals surface area contributed by atoms with Crippen LogP contribution in [0.15, 0.2) is 79.3 Å². The highest BCUT2D eigenvalue weighted by atomic mass is 35.5. The maximum atomic E-state index is 13.5. The van der Waals surface area contributed by atoms with E-state index in [1.807, 2.05) is 37.3 Å². The number of ether oxygens (including phenoxy) is 3. The lowest BCUT2D eigenvalue weighted by molar-refractivity contribution is -0.116. The summed E-state index contributed by atoms with van der Waals surface area (Å²) in [5, 5.41) is 3.87. The van der Waals surface area contributed by atoms with Crippen molar-refractivity contribution >= 4 is 43.8 Å². The lowest BCUT2D eigenvalue weighted by atomic mass is 9.83. The van der Waals surface area contributed by atoms with Crippen LogP contribution in [0.25, 0.3) is 10.9 Å². The summed E-state index contributed by atoms with van der Waals surface area (Å²) in [5.41, 5.74) is 0.957. The molecule has 4 aromatic rings. The maximum Gasteiger partial charge on any atom is 0.179 e. The van der Waals surface area contributed by atoms with Crippen LogP contribution in [0.5, 0.6) is 5.75 Å². The summed E-state index contributed by atoms with van der Waals surface area (Å²) in [5.74, 6) is 0.681. The minimum absolute atomic E-state index is 0.174. The number of hydrogen-bond acceptors (Lipinski definition) is 8. The van der Waals surface area contributed by atoms with E-state index < -0.39 is 32.2 Å². The Morgan fingerprint density at radius 3 is 2.59 bits per heavy atom. The van der Waals surface area contributed by atoms with Gasteiger partial charge in [0.05, 0.1) is 22.1 Å². The first-order chi connectivity index (χ1) is 21.0. The van der Waals surface area contributed by atoms with E-state index in [4.69, 9.17) is 25.8 Å². The third kappa shape index (κ3) is 6.52. The van der Waals surface area contributed by atoms with Crippen molar-refractivity contribution < 1.29 is 27.0 Å². The Balaban J connectivity index is 1.42. The highest BCUT2D eigenvalue weighted by Gasteiger charge is 2.45. The number of halogens is 2. The SMILES string of the molecule is CCC(OC(C)S(=O)(=O)C(C)C)C1(c2ccc3ncnc(Nc4ccc(OCc5cccc(F)c5)c(Cl)c4)c3c2)CC=CO1. The molecular weight excluding hydrogens is 605 g/mol. The van der Waals surface area contributed by atoms with Crippen LogP contribution in [0.2, 0.25) is 5.02 Å². The number of sulfone groups is 1. The molecule has 0 spiro atoms. The lowest BCUT2D eigenvalue weighted by Gasteiger charge is -2.38. The van der Waals surface area contributed by atoms with Gasteiger partial charge in [0.1, 0.15) is 36.4 Å². The molecule has 2 heterocycles. The van der Waals surface area contributed by atoms with Crippen molar-refractivity contribution in [3.8, 4) is 5.75 Å². The van der Waals surface area contributed by atoms with Gasteiger partial charge < -0.3 is 19.5 Å². The van der Waals surface area contributed by atoms with E-state index in [2.05, 4.69) is 15.3 Å². The Morgan fingerprint density at radius 2 is 1.91 bits per heavy atom. The van der Waals surface area contributed by atoms with Gasteiger partial charge in [-0.1, -0.05) is 36.7 Å². The van der Waals surface area contributed by atoms with Crippen molar-refractivity contribution in [2.24, 2.45) is 0 Å². The molecule has 1 N–H and O–H groups in total. The second-order valence-electron chi connectivity index (χ2n) is 11.0. The van der Waals surface area contributed by atoms with Crippen LogP contribution in [-0.2, 0) is 31.5 Å². The number of anilines is 2. The summed E-state index contributed by atoms with van der Waals surface area (Å²) in [7, 11) is -3.49. The Morgan fingerprint density at radius 1 is 1.09 bits per heavy atom. The summed E-state index contributed by atoms with van der Waals surface area (Å²) in [6.07, 6.45) is 5.52. The van der Waals surface area contributed by atoms with Gasteiger partial charge in [-0.15, -0.1) is 0 Å². The van der Waals surface area contributed by atoms with Crippen molar-refractivity contribution in [2.75, 3.05) is 5.32 Å². The van der Waals surface area contributed by atoms with Crippen LogP contribution < -0.4 is 10.1 Å². The molecule has 0 bridgehead atoms.